The predicted molar refractivity (Wildman–Crippen MR) is 116 cm³/mol. The zero-order valence-corrected chi connectivity index (χ0v) is 18.7. The fourth-order valence-corrected chi connectivity index (χ4v) is 3.66. The fraction of sp³-hybridized carbons (Fsp3) is 0.263. The molecule has 0 spiro atoms. The molecule has 0 unspecified atom stereocenters. The summed E-state index contributed by atoms with van der Waals surface area (Å²) in [6.07, 6.45) is 2.45. The topological polar surface area (TPSA) is 97.3 Å². The Bertz CT molecular complexity index is 978. The molecule has 0 aliphatic carbocycles. The van der Waals surface area contributed by atoms with E-state index in [0.717, 1.165) is 15.0 Å². The Balaban J connectivity index is 2.10. The molecule has 1 amide bonds. The Kier molecular flexibility index (Phi) is 8.03. The van der Waals surface area contributed by atoms with Gasteiger partial charge >= 0.3 is 0 Å². The molecule has 1 N–H and O–H groups in total. The van der Waals surface area contributed by atoms with E-state index in [1.54, 1.807) is 36.4 Å². The summed E-state index contributed by atoms with van der Waals surface area (Å²) in [6, 6.07) is 11.8. The van der Waals surface area contributed by atoms with E-state index in [1.807, 2.05) is 13.0 Å². The van der Waals surface area contributed by atoms with Gasteiger partial charge < -0.3 is 9.47 Å². The van der Waals surface area contributed by atoms with Crippen LogP contribution < -0.4 is 19.2 Å². The van der Waals surface area contributed by atoms with Crippen molar-refractivity contribution in [3.8, 4) is 11.5 Å². The summed E-state index contributed by atoms with van der Waals surface area (Å²) in [5.74, 6) is 0.606. The van der Waals surface area contributed by atoms with Gasteiger partial charge in [-0.25, -0.2) is 13.8 Å². The maximum atomic E-state index is 12.3. The Morgan fingerprint density at radius 2 is 1.93 bits per heavy atom. The van der Waals surface area contributed by atoms with Gasteiger partial charge in [0.15, 0.2) is 0 Å². The first-order valence-corrected chi connectivity index (χ1v) is 11.2. The van der Waals surface area contributed by atoms with Crippen LogP contribution in [0, 0.1) is 0 Å². The van der Waals surface area contributed by atoms with Crippen LogP contribution in [0.25, 0.3) is 0 Å². The van der Waals surface area contributed by atoms with Crippen molar-refractivity contribution in [1.82, 2.24) is 5.43 Å². The van der Waals surface area contributed by atoms with Crippen LogP contribution in [0.2, 0.25) is 0 Å². The number of rotatable bonds is 9. The molecule has 0 heterocycles. The standard InChI is InChI=1S/C19H22BrN3O5S/c1-4-28-17-8-6-16(7-9-17)23(29(3,25)26)13-19(24)22-21-12-14-11-15(20)5-10-18(14)27-2/h5-12H,4,13H2,1-3H3,(H,22,24)/b21-12-. The third kappa shape index (κ3) is 6.75. The van der Waals surface area contributed by atoms with Gasteiger partial charge in [0.1, 0.15) is 18.0 Å². The third-order valence-electron chi connectivity index (χ3n) is 3.71. The number of methoxy groups -OCH3 is 1. The van der Waals surface area contributed by atoms with Crippen molar-refractivity contribution >= 4 is 43.8 Å². The molecule has 8 nitrogen and oxygen atoms in total. The monoisotopic (exact) mass is 483 g/mol. The van der Waals surface area contributed by atoms with Crippen LogP contribution in [0.15, 0.2) is 52.0 Å². The molecule has 2 aromatic carbocycles. The van der Waals surface area contributed by atoms with Crippen LogP contribution in [-0.2, 0) is 14.8 Å². The molecule has 156 valence electrons. The van der Waals surface area contributed by atoms with Gasteiger partial charge in [0.2, 0.25) is 10.0 Å². The van der Waals surface area contributed by atoms with Gasteiger partial charge in [-0.3, -0.25) is 9.10 Å². The number of halogens is 1. The lowest BCUT2D eigenvalue weighted by atomic mass is 10.2. The molecule has 0 bridgehead atoms. The molecule has 0 fully saturated rings. The highest BCUT2D eigenvalue weighted by atomic mass is 79.9. The van der Waals surface area contributed by atoms with Crippen molar-refractivity contribution in [2.45, 2.75) is 6.92 Å². The van der Waals surface area contributed by atoms with Gasteiger partial charge in [-0.2, -0.15) is 5.10 Å². The molecule has 0 saturated carbocycles. The first-order chi connectivity index (χ1) is 13.7. The Labute approximate surface area is 178 Å². The molecule has 0 aromatic heterocycles. The highest BCUT2D eigenvalue weighted by molar-refractivity contribution is 9.10. The average molecular weight is 484 g/mol. The van der Waals surface area contributed by atoms with Gasteiger partial charge in [0, 0.05) is 10.0 Å². The summed E-state index contributed by atoms with van der Waals surface area (Å²) in [7, 11) is -2.15. The summed E-state index contributed by atoms with van der Waals surface area (Å²) < 4.78 is 36.7. The van der Waals surface area contributed by atoms with E-state index in [9.17, 15) is 13.2 Å². The van der Waals surface area contributed by atoms with Crippen LogP contribution in [-0.4, -0.2) is 47.1 Å². The lowest BCUT2D eigenvalue weighted by Crippen LogP contribution is -2.39. The molecule has 10 heteroatoms. The highest BCUT2D eigenvalue weighted by Crippen LogP contribution is 2.22. The molecule has 2 rings (SSSR count). The second kappa shape index (κ2) is 10.3. The zero-order chi connectivity index (χ0) is 21.4. The van der Waals surface area contributed by atoms with Crippen LogP contribution >= 0.6 is 15.9 Å². The number of nitrogens with one attached hydrogen (secondary N) is 1. The summed E-state index contributed by atoms with van der Waals surface area (Å²) in [6.45, 7) is 1.93. The molecule has 29 heavy (non-hydrogen) atoms. The van der Waals surface area contributed by atoms with Crippen molar-refractivity contribution in [3.63, 3.8) is 0 Å². The quantitative estimate of drug-likeness (QED) is 0.436. The van der Waals surface area contributed by atoms with Crippen molar-refractivity contribution in [1.29, 1.82) is 0 Å². The molecular formula is C19H22BrN3O5S. The number of hydrogen-bond donors (Lipinski definition) is 1. The number of hydrazone groups is 1. The predicted octanol–water partition coefficient (Wildman–Crippen LogP) is 2.77. The first-order valence-electron chi connectivity index (χ1n) is 8.60. The number of nitrogens with zero attached hydrogens (tertiary/aromatic N) is 2. The van der Waals surface area contributed by atoms with Crippen molar-refractivity contribution in [2.24, 2.45) is 5.10 Å². The first kappa shape index (κ1) is 22.7. The van der Waals surface area contributed by atoms with Gasteiger partial charge in [0.25, 0.3) is 5.91 Å². The smallest absolute Gasteiger partial charge is 0.260 e. The summed E-state index contributed by atoms with van der Waals surface area (Å²) in [4.78, 5) is 12.3. The Hall–Kier alpha value is -2.59. The Morgan fingerprint density at radius 3 is 2.52 bits per heavy atom. The lowest BCUT2D eigenvalue weighted by molar-refractivity contribution is -0.119. The van der Waals surface area contributed by atoms with Crippen LogP contribution in [0.5, 0.6) is 11.5 Å². The molecule has 0 aliphatic heterocycles. The van der Waals surface area contributed by atoms with E-state index in [0.29, 0.717) is 29.4 Å². The highest BCUT2D eigenvalue weighted by Gasteiger charge is 2.20. The minimum Gasteiger partial charge on any atom is -0.496 e. The average Bonchev–Trinajstić information content (AvgIpc) is 2.66. The number of hydrogen-bond acceptors (Lipinski definition) is 6. The number of anilines is 1. The van der Waals surface area contributed by atoms with Crippen LogP contribution in [0.1, 0.15) is 12.5 Å². The van der Waals surface area contributed by atoms with Crippen LogP contribution in [0.3, 0.4) is 0 Å². The molecule has 0 aliphatic rings. The number of ether oxygens (including phenoxy) is 2. The number of benzene rings is 2. The maximum Gasteiger partial charge on any atom is 0.260 e. The van der Waals surface area contributed by atoms with E-state index in [4.69, 9.17) is 9.47 Å². The van der Waals surface area contributed by atoms with E-state index in [2.05, 4.69) is 26.5 Å². The van der Waals surface area contributed by atoms with Gasteiger partial charge in [-0.05, 0) is 49.4 Å². The summed E-state index contributed by atoms with van der Waals surface area (Å²) >= 11 is 3.35. The number of carbonyl (C=O) groups is 1. The van der Waals surface area contributed by atoms with Gasteiger partial charge in [-0.1, -0.05) is 15.9 Å². The van der Waals surface area contributed by atoms with E-state index < -0.39 is 22.5 Å². The molecular weight excluding hydrogens is 462 g/mol. The molecule has 0 atom stereocenters. The fourth-order valence-electron chi connectivity index (χ4n) is 2.42. The lowest BCUT2D eigenvalue weighted by Gasteiger charge is -2.21. The van der Waals surface area contributed by atoms with Crippen molar-refractivity contribution in [3.05, 3.63) is 52.5 Å². The third-order valence-corrected chi connectivity index (χ3v) is 5.34. The molecule has 0 saturated heterocycles. The van der Waals surface area contributed by atoms with Crippen molar-refractivity contribution < 1.29 is 22.7 Å². The largest absolute Gasteiger partial charge is 0.496 e. The maximum absolute atomic E-state index is 12.3. The van der Waals surface area contributed by atoms with E-state index in [-0.39, 0.29) is 0 Å². The minimum absolute atomic E-state index is 0.351. The second-order valence-corrected chi connectivity index (χ2v) is 8.70. The summed E-state index contributed by atoms with van der Waals surface area (Å²) in [5, 5.41) is 3.89. The minimum atomic E-state index is -3.68. The Morgan fingerprint density at radius 1 is 1.24 bits per heavy atom. The van der Waals surface area contributed by atoms with E-state index in [1.165, 1.54) is 13.3 Å². The molecule has 2 aromatic rings. The second-order valence-electron chi connectivity index (χ2n) is 5.88. The normalized spacial score (nSPS) is 11.3. The molecule has 0 radical (unpaired) electrons. The number of carbonyl (C=O) groups excluding carboxylic acids is 1. The SMILES string of the molecule is CCOc1ccc(N(CC(=O)N/N=C\c2cc(Br)ccc2OC)S(C)(=O)=O)cc1. The number of amides is 1. The zero-order valence-electron chi connectivity index (χ0n) is 16.3. The van der Waals surface area contributed by atoms with Crippen LogP contribution in [0.4, 0.5) is 5.69 Å². The van der Waals surface area contributed by atoms with Gasteiger partial charge in [-0.15, -0.1) is 0 Å². The van der Waals surface area contributed by atoms with E-state index >= 15 is 0 Å². The van der Waals surface area contributed by atoms with Gasteiger partial charge in [0.05, 0.1) is 31.9 Å². The number of sulfonamides is 1. The van der Waals surface area contributed by atoms with Crippen molar-refractivity contribution in [2.75, 3.05) is 30.8 Å². The summed E-state index contributed by atoms with van der Waals surface area (Å²) in [5.41, 5.74) is 3.33.